The third kappa shape index (κ3) is 6.87. The van der Waals surface area contributed by atoms with E-state index in [4.69, 9.17) is 9.47 Å². The van der Waals surface area contributed by atoms with Crippen molar-refractivity contribution in [1.82, 2.24) is 14.5 Å². The molecule has 1 atom stereocenters. The van der Waals surface area contributed by atoms with Gasteiger partial charge < -0.3 is 14.8 Å². The van der Waals surface area contributed by atoms with Crippen LogP contribution in [0.25, 0.3) is 6.08 Å². The number of carbonyl (C=O) groups is 1. The molecule has 1 N–H and O–H groups in total. The van der Waals surface area contributed by atoms with E-state index in [0.717, 1.165) is 34.5 Å². The smallest absolute Gasteiger partial charge is 0.283 e. The number of amides is 1. The van der Waals surface area contributed by atoms with Crippen LogP contribution < -0.4 is 29.7 Å². The molecular weight excluding hydrogens is 665 g/mol. The molecule has 1 aliphatic heterocycles. The first kappa shape index (κ1) is 33.3. The van der Waals surface area contributed by atoms with Crippen LogP contribution in [0.1, 0.15) is 35.5 Å². The number of ether oxygens (including phenoxy) is 2. The molecule has 3 aromatic carbocycles. The first-order chi connectivity index (χ1) is 23.6. The summed E-state index contributed by atoms with van der Waals surface area (Å²) in [7, 11) is 3.04. The van der Waals surface area contributed by atoms with E-state index in [1.165, 1.54) is 24.9 Å². The van der Waals surface area contributed by atoms with Crippen molar-refractivity contribution < 1.29 is 19.2 Å². The Morgan fingerprint density at radius 1 is 1.00 bits per heavy atom. The predicted octanol–water partition coefficient (Wildman–Crippen LogP) is 5.36. The number of allylic oxidation sites excluding steroid dienone is 1. The maximum Gasteiger partial charge on any atom is 0.283 e. The summed E-state index contributed by atoms with van der Waals surface area (Å²) >= 11 is 2.22. The summed E-state index contributed by atoms with van der Waals surface area (Å²) in [6.07, 6.45) is 1.59. The molecule has 1 amide bonds. The molecule has 49 heavy (non-hydrogen) atoms. The SMILES string of the molecule is COc1ccc([C@H]2C(C(=O)Nc3ccccc3)=C(C)N=c3s/c(=C/c4ccc(Sc5nc(C)cc(C)n5)c([N+](=O)[O-])c4)c(=O)n32)c(OC)c1. The molecular formula is C35H30N6O6S2. The highest BCUT2D eigenvalue weighted by Gasteiger charge is 2.34. The van der Waals surface area contributed by atoms with Crippen LogP contribution in [0.15, 0.2) is 104 Å². The zero-order valence-electron chi connectivity index (χ0n) is 27.1. The molecule has 0 aliphatic carbocycles. The third-order valence-electron chi connectivity index (χ3n) is 7.67. The first-order valence-electron chi connectivity index (χ1n) is 15.0. The lowest BCUT2D eigenvalue weighted by molar-refractivity contribution is -0.387. The number of anilines is 1. The van der Waals surface area contributed by atoms with Gasteiger partial charge in [-0.1, -0.05) is 35.6 Å². The van der Waals surface area contributed by atoms with Crippen molar-refractivity contribution in [1.29, 1.82) is 0 Å². The van der Waals surface area contributed by atoms with Crippen molar-refractivity contribution in [2.45, 2.75) is 36.9 Å². The molecule has 3 heterocycles. The quantitative estimate of drug-likeness (QED) is 0.122. The lowest BCUT2D eigenvalue weighted by Crippen LogP contribution is -2.40. The number of methoxy groups -OCH3 is 2. The summed E-state index contributed by atoms with van der Waals surface area (Å²) in [5, 5.41) is 15.5. The Labute approximate surface area is 288 Å². The summed E-state index contributed by atoms with van der Waals surface area (Å²) in [4.78, 5) is 54.0. The number of rotatable bonds is 9. The molecule has 0 fully saturated rings. The summed E-state index contributed by atoms with van der Waals surface area (Å²) in [5.74, 6) is 0.521. The summed E-state index contributed by atoms with van der Waals surface area (Å²) < 4.78 is 12.9. The topological polar surface area (TPSA) is 151 Å². The Hall–Kier alpha value is -5.60. The van der Waals surface area contributed by atoms with Crippen molar-refractivity contribution in [2.75, 3.05) is 19.5 Å². The number of nitro groups is 1. The minimum atomic E-state index is -0.908. The average molecular weight is 695 g/mol. The lowest BCUT2D eigenvalue weighted by Gasteiger charge is -2.26. The summed E-state index contributed by atoms with van der Waals surface area (Å²) in [5.41, 5.74) is 3.20. The van der Waals surface area contributed by atoms with Gasteiger partial charge in [-0.3, -0.25) is 24.3 Å². The van der Waals surface area contributed by atoms with Crippen LogP contribution in [0.3, 0.4) is 0 Å². The molecule has 0 saturated carbocycles. The number of hydrogen-bond donors (Lipinski definition) is 1. The number of thiazole rings is 1. The van der Waals surface area contributed by atoms with Gasteiger partial charge in [0.15, 0.2) is 9.96 Å². The second kappa shape index (κ2) is 13.9. The molecule has 2 aromatic heterocycles. The highest BCUT2D eigenvalue weighted by molar-refractivity contribution is 7.99. The van der Waals surface area contributed by atoms with Crippen molar-refractivity contribution in [3.8, 4) is 11.5 Å². The van der Waals surface area contributed by atoms with Crippen LogP contribution in [0.4, 0.5) is 11.4 Å². The van der Waals surface area contributed by atoms with Crippen molar-refractivity contribution in [2.24, 2.45) is 4.99 Å². The van der Waals surface area contributed by atoms with E-state index in [1.54, 1.807) is 55.5 Å². The Balaban J connectivity index is 1.47. The molecule has 1 aliphatic rings. The van der Waals surface area contributed by atoms with Gasteiger partial charge in [0.1, 0.15) is 17.5 Å². The van der Waals surface area contributed by atoms with Crippen molar-refractivity contribution >= 4 is 46.5 Å². The van der Waals surface area contributed by atoms with Crippen molar-refractivity contribution in [3.05, 3.63) is 136 Å². The van der Waals surface area contributed by atoms with Crippen LogP contribution in [-0.2, 0) is 4.79 Å². The molecule has 5 aromatic rings. The third-order valence-corrected chi connectivity index (χ3v) is 9.59. The number of carbonyl (C=O) groups excluding carboxylic acids is 1. The summed E-state index contributed by atoms with van der Waals surface area (Å²) in [6.45, 7) is 5.39. The number of aryl methyl sites for hydroxylation is 2. The molecule has 0 unspecified atom stereocenters. The molecule has 248 valence electrons. The van der Waals surface area contributed by atoms with E-state index in [0.29, 0.717) is 48.9 Å². The molecule has 14 heteroatoms. The van der Waals surface area contributed by atoms with Gasteiger partial charge in [0.05, 0.1) is 39.8 Å². The summed E-state index contributed by atoms with van der Waals surface area (Å²) in [6, 6.07) is 19.8. The van der Waals surface area contributed by atoms with Gasteiger partial charge in [-0.05, 0) is 80.6 Å². The van der Waals surface area contributed by atoms with Gasteiger partial charge in [-0.2, -0.15) is 0 Å². The standard InChI is InChI=1S/C35H30N6O6S2/c1-19-15-20(2)37-34(36-19)48-28-14-11-22(16-26(28)41(44)45)17-29-33(43)40-31(25-13-12-24(46-4)18-27(25)47-5)30(21(3)38-35(40)49-29)32(42)39-23-9-7-6-8-10-23/h6-18,31H,1-5H3,(H,39,42)/b29-17+/t31-/m0/s1. The molecule has 6 rings (SSSR count). The zero-order valence-corrected chi connectivity index (χ0v) is 28.7. The maximum absolute atomic E-state index is 14.3. The monoisotopic (exact) mass is 694 g/mol. The Morgan fingerprint density at radius 2 is 1.73 bits per heavy atom. The highest BCUT2D eigenvalue weighted by atomic mass is 32.2. The highest BCUT2D eigenvalue weighted by Crippen LogP contribution is 2.38. The molecule has 12 nitrogen and oxygen atoms in total. The van der Waals surface area contributed by atoms with Crippen LogP contribution in [-0.4, -0.2) is 39.6 Å². The number of aromatic nitrogens is 3. The molecule has 0 saturated heterocycles. The largest absolute Gasteiger partial charge is 0.497 e. The van der Waals surface area contributed by atoms with Crippen LogP contribution in [0.5, 0.6) is 11.5 Å². The Bertz CT molecular complexity index is 2310. The second-order valence-corrected chi connectivity index (χ2v) is 13.0. The number of hydrogen-bond acceptors (Lipinski definition) is 11. The Kier molecular flexibility index (Phi) is 9.42. The van der Waals surface area contributed by atoms with Crippen LogP contribution in [0, 0.1) is 24.0 Å². The number of nitrogens with one attached hydrogen (secondary N) is 1. The zero-order chi connectivity index (χ0) is 34.8. The maximum atomic E-state index is 14.3. The van der Waals surface area contributed by atoms with Gasteiger partial charge >= 0.3 is 0 Å². The van der Waals surface area contributed by atoms with E-state index >= 15 is 0 Å². The van der Waals surface area contributed by atoms with Crippen molar-refractivity contribution in [3.63, 3.8) is 0 Å². The van der Waals surface area contributed by atoms with E-state index in [1.807, 2.05) is 38.1 Å². The van der Waals surface area contributed by atoms with Gasteiger partial charge in [0.25, 0.3) is 17.2 Å². The van der Waals surface area contributed by atoms with Gasteiger partial charge in [0, 0.05) is 34.8 Å². The minimum absolute atomic E-state index is 0.147. The fourth-order valence-electron chi connectivity index (χ4n) is 5.51. The molecule has 0 radical (unpaired) electrons. The average Bonchev–Trinajstić information content (AvgIpc) is 3.37. The normalized spacial score (nSPS) is 14.2. The van der Waals surface area contributed by atoms with Crippen LogP contribution in [0.2, 0.25) is 0 Å². The van der Waals surface area contributed by atoms with Gasteiger partial charge in [0.2, 0.25) is 0 Å². The number of nitrogens with zero attached hydrogens (tertiary/aromatic N) is 5. The molecule has 0 spiro atoms. The number of benzene rings is 3. The van der Waals surface area contributed by atoms with E-state index in [9.17, 15) is 19.7 Å². The Morgan fingerprint density at radius 3 is 2.41 bits per heavy atom. The van der Waals surface area contributed by atoms with Gasteiger partial charge in [-0.15, -0.1) is 0 Å². The number of para-hydroxylation sites is 1. The second-order valence-electron chi connectivity index (χ2n) is 11.0. The van der Waals surface area contributed by atoms with E-state index in [-0.39, 0.29) is 15.8 Å². The fraction of sp³-hybridized carbons (Fsp3) is 0.171. The number of nitro benzene ring substituents is 1. The van der Waals surface area contributed by atoms with Gasteiger partial charge in [-0.25, -0.2) is 15.0 Å². The number of fused-ring (bicyclic) bond motifs is 1. The first-order valence-corrected chi connectivity index (χ1v) is 16.6. The minimum Gasteiger partial charge on any atom is -0.497 e. The van der Waals surface area contributed by atoms with Crippen LogP contribution >= 0.6 is 23.1 Å². The lowest BCUT2D eigenvalue weighted by atomic mass is 9.94. The van der Waals surface area contributed by atoms with E-state index < -0.39 is 22.4 Å². The van der Waals surface area contributed by atoms with E-state index in [2.05, 4.69) is 20.3 Å². The predicted molar refractivity (Wildman–Crippen MR) is 187 cm³/mol. The fourth-order valence-corrected chi connectivity index (χ4v) is 7.51. The molecule has 0 bridgehead atoms.